The third-order valence-corrected chi connectivity index (χ3v) is 3.07. The number of aryl methyl sites for hydroxylation is 1. The third kappa shape index (κ3) is 4.51. The molecule has 0 saturated carbocycles. The van der Waals surface area contributed by atoms with Gasteiger partial charge in [0.25, 0.3) is 0 Å². The van der Waals surface area contributed by atoms with E-state index in [1.807, 2.05) is 30.3 Å². The summed E-state index contributed by atoms with van der Waals surface area (Å²) in [6.45, 7) is 0.352. The Morgan fingerprint density at radius 3 is 2.40 bits per heavy atom. The molecule has 0 aliphatic heterocycles. The van der Waals surface area contributed by atoms with Gasteiger partial charge in [0.2, 0.25) is 0 Å². The highest BCUT2D eigenvalue weighted by Gasteiger charge is 2.09. The number of benzene rings is 1. The molecule has 0 atom stereocenters. The zero-order valence-electron chi connectivity index (χ0n) is 10.7. The van der Waals surface area contributed by atoms with E-state index in [1.165, 1.54) is 17.7 Å². The van der Waals surface area contributed by atoms with Crippen molar-refractivity contribution in [2.45, 2.75) is 12.8 Å². The molecule has 104 valence electrons. The summed E-state index contributed by atoms with van der Waals surface area (Å²) in [5.74, 6) is -0.440. The van der Waals surface area contributed by atoms with Crippen molar-refractivity contribution in [2.24, 2.45) is 0 Å². The molecule has 0 saturated heterocycles. The molecular formula is C15H13Cl2NO2. The molecule has 0 aliphatic rings. The van der Waals surface area contributed by atoms with Crippen LogP contribution in [0.15, 0.2) is 42.5 Å². The Morgan fingerprint density at radius 1 is 1.10 bits per heavy atom. The third-order valence-electron chi connectivity index (χ3n) is 2.68. The van der Waals surface area contributed by atoms with E-state index in [2.05, 4.69) is 4.98 Å². The van der Waals surface area contributed by atoms with Gasteiger partial charge in [0.05, 0.1) is 12.2 Å². The van der Waals surface area contributed by atoms with Crippen molar-refractivity contribution in [2.75, 3.05) is 6.61 Å². The maximum atomic E-state index is 11.8. The average Bonchev–Trinajstić information content (AvgIpc) is 2.43. The van der Waals surface area contributed by atoms with E-state index in [4.69, 9.17) is 27.9 Å². The predicted octanol–water partition coefficient (Wildman–Crippen LogP) is 4.18. The largest absolute Gasteiger partial charge is 0.462 e. The zero-order valence-corrected chi connectivity index (χ0v) is 12.2. The highest BCUT2D eigenvalue weighted by molar-refractivity contribution is 6.32. The molecule has 5 heteroatoms. The number of pyridine rings is 1. The van der Waals surface area contributed by atoms with Gasteiger partial charge in [-0.2, -0.15) is 0 Å². The fourth-order valence-corrected chi connectivity index (χ4v) is 2.21. The number of hydrogen-bond acceptors (Lipinski definition) is 3. The van der Waals surface area contributed by atoms with Crippen LogP contribution in [-0.2, 0) is 11.2 Å². The lowest BCUT2D eigenvalue weighted by atomic mass is 10.1. The molecule has 0 fully saturated rings. The normalized spacial score (nSPS) is 10.3. The number of aromatic nitrogens is 1. The standard InChI is InChI=1S/C15H13Cl2NO2/c16-13-9-12(10-14(17)18-13)15(19)20-8-4-7-11-5-2-1-3-6-11/h1-3,5-6,9-10H,4,7-8H2. The van der Waals surface area contributed by atoms with Gasteiger partial charge in [0.1, 0.15) is 10.3 Å². The Labute approximate surface area is 127 Å². The van der Waals surface area contributed by atoms with Gasteiger partial charge in [-0.25, -0.2) is 9.78 Å². The second-order valence-electron chi connectivity index (χ2n) is 4.23. The van der Waals surface area contributed by atoms with Crippen LogP contribution in [0.5, 0.6) is 0 Å². The van der Waals surface area contributed by atoms with Gasteiger partial charge in [0.15, 0.2) is 0 Å². The second-order valence-corrected chi connectivity index (χ2v) is 5.00. The van der Waals surface area contributed by atoms with Crippen molar-refractivity contribution in [3.8, 4) is 0 Å². The van der Waals surface area contributed by atoms with Gasteiger partial charge in [-0.3, -0.25) is 0 Å². The molecule has 0 N–H and O–H groups in total. The summed E-state index contributed by atoms with van der Waals surface area (Å²) >= 11 is 11.5. The lowest BCUT2D eigenvalue weighted by Crippen LogP contribution is -2.07. The maximum absolute atomic E-state index is 11.8. The molecule has 0 amide bonds. The first-order valence-electron chi connectivity index (χ1n) is 6.19. The minimum absolute atomic E-state index is 0.175. The van der Waals surface area contributed by atoms with Crippen LogP contribution in [0.2, 0.25) is 10.3 Å². The fraction of sp³-hybridized carbons (Fsp3) is 0.200. The SMILES string of the molecule is O=C(OCCCc1ccccc1)c1cc(Cl)nc(Cl)c1. The quantitative estimate of drug-likeness (QED) is 0.472. The molecule has 0 spiro atoms. The minimum Gasteiger partial charge on any atom is -0.462 e. The molecule has 0 radical (unpaired) electrons. The van der Waals surface area contributed by atoms with Gasteiger partial charge < -0.3 is 4.74 Å². The molecule has 2 rings (SSSR count). The summed E-state index contributed by atoms with van der Waals surface area (Å²) in [5.41, 5.74) is 1.54. The topological polar surface area (TPSA) is 39.2 Å². The van der Waals surface area contributed by atoms with Crippen molar-refractivity contribution in [3.63, 3.8) is 0 Å². The molecule has 0 unspecified atom stereocenters. The maximum Gasteiger partial charge on any atom is 0.338 e. The first kappa shape index (κ1) is 14.8. The highest BCUT2D eigenvalue weighted by Crippen LogP contribution is 2.15. The lowest BCUT2D eigenvalue weighted by molar-refractivity contribution is 0.0500. The van der Waals surface area contributed by atoms with Gasteiger partial charge >= 0.3 is 5.97 Å². The van der Waals surface area contributed by atoms with Crippen molar-refractivity contribution >= 4 is 29.2 Å². The lowest BCUT2D eigenvalue weighted by Gasteiger charge is -2.05. The predicted molar refractivity (Wildman–Crippen MR) is 79.3 cm³/mol. The number of esters is 1. The number of halogens is 2. The number of rotatable bonds is 5. The van der Waals surface area contributed by atoms with Gasteiger partial charge in [0, 0.05) is 0 Å². The van der Waals surface area contributed by atoms with Crippen LogP contribution in [0.4, 0.5) is 0 Å². The van der Waals surface area contributed by atoms with Crippen molar-refractivity contribution in [1.29, 1.82) is 0 Å². The number of hydrogen-bond donors (Lipinski definition) is 0. The molecule has 2 aromatic rings. The van der Waals surface area contributed by atoms with Crippen LogP contribution in [0.3, 0.4) is 0 Å². The Balaban J connectivity index is 1.80. The Hall–Kier alpha value is -1.58. The number of carbonyl (C=O) groups is 1. The van der Waals surface area contributed by atoms with Crippen LogP contribution in [0.25, 0.3) is 0 Å². The number of nitrogens with zero attached hydrogens (tertiary/aromatic N) is 1. The molecule has 20 heavy (non-hydrogen) atoms. The molecule has 1 aromatic heterocycles. The summed E-state index contributed by atoms with van der Waals surface area (Å²) in [6, 6.07) is 12.9. The van der Waals surface area contributed by atoms with E-state index >= 15 is 0 Å². The summed E-state index contributed by atoms with van der Waals surface area (Å²) in [5, 5.41) is 0.350. The Morgan fingerprint density at radius 2 is 1.75 bits per heavy atom. The summed E-state index contributed by atoms with van der Waals surface area (Å²) < 4.78 is 5.18. The van der Waals surface area contributed by atoms with Crippen LogP contribution < -0.4 is 0 Å². The number of ether oxygens (including phenoxy) is 1. The van der Waals surface area contributed by atoms with Crippen LogP contribution in [-0.4, -0.2) is 17.6 Å². The molecule has 1 heterocycles. The Bertz CT molecular complexity index is 567. The van der Waals surface area contributed by atoms with E-state index < -0.39 is 5.97 Å². The molecular weight excluding hydrogens is 297 g/mol. The summed E-state index contributed by atoms with van der Waals surface area (Å²) in [4.78, 5) is 15.6. The van der Waals surface area contributed by atoms with Crippen LogP contribution >= 0.6 is 23.2 Å². The van der Waals surface area contributed by atoms with E-state index in [0.717, 1.165) is 12.8 Å². The highest BCUT2D eigenvalue weighted by atomic mass is 35.5. The monoisotopic (exact) mass is 309 g/mol. The first-order chi connectivity index (χ1) is 9.65. The molecule has 1 aromatic carbocycles. The summed E-state index contributed by atoms with van der Waals surface area (Å²) in [6.07, 6.45) is 1.63. The van der Waals surface area contributed by atoms with E-state index in [0.29, 0.717) is 12.2 Å². The van der Waals surface area contributed by atoms with Crippen molar-refractivity contribution in [3.05, 3.63) is 63.9 Å². The number of carbonyl (C=O) groups excluding carboxylic acids is 1. The van der Waals surface area contributed by atoms with E-state index in [-0.39, 0.29) is 10.3 Å². The zero-order chi connectivity index (χ0) is 14.4. The van der Waals surface area contributed by atoms with E-state index in [1.54, 1.807) is 0 Å². The van der Waals surface area contributed by atoms with Crippen LogP contribution in [0, 0.1) is 0 Å². The van der Waals surface area contributed by atoms with Crippen molar-refractivity contribution in [1.82, 2.24) is 4.98 Å². The second kappa shape index (κ2) is 7.27. The molecule has 0 aliphatic carbocycles. The molecule has 0 bridgehead atoms. The van der Waals surface area contributed by atoms with Crippen molar-refractivity contribution < 1.29 is 9.53 Å². The van der Waals surface area contributed by atoms with Gasteiger partial charge in [-0.05, 0) is 30.5 Å². The first-order valence-corrected chi connectivity index (χ1v) is 6.95. The minimum atomic E-state index is -0.440. The van der Waals surface area contributed by atoms with E-state index in [9.17, 15) is 4.79 Å². The molecule has 3 nitrogen and oxygen atoms in total. The van der Waals surface area contributed by atoms with Gasteiger partial charge in [-0.1, -0.05) is 53.5 Å². The summed E-state index contributed by atoms with van der Waals surface area (Å²) in [7, 11) is 0. The van der Waals surface area contributed by atoms with Gasteiger partial charge in [-0.15, -0.1) is 0 Å². The average molecular weight is 310 g/mol. The Kier molecular flexibility index (Phi) is 5.39. The van der Waals surface area contributed by atoms with Crippen LogP contribution in [0.1, 0.15) is 22.3 Å². The fourth-order valence-electron chi connectivity index (χ4n) is 1.75. The smallest absolute Gasteiger partial charge is 0.338 e.